The van der Waals surface area contributed by atoms with Crippen molar-refractivity contribution < 1.29 is 4.79 Å². The van der Waals surface area contributed by atoms with Gasteiger partial charge < -0.3 is 16.0 Å². The van der Waals surface area contributed by atoms with Crippen LogP contribution in [0.2, 0.25) is 0 Å². The Kier molecular flexibility index (Phi) is 4.38. The number of hydrogen-bond donors (Lipinski definition) is 2. The van der Waals surface area contributed by atoms with Gasteiger partial charge in [-0.1, -0.05) is 25.1 Å². The van der Waals surface area contributed by atoms with Crippen molar-refractivity contribution >= 4 is 23.4 Å². The van der Waals surface area contributed by atoms with E-state index in [0.717, 1.165) is 29.2 Å². The molecule has 0 radical (unpaired) electrons. The van der Waals surface area contributed by atoms with Gasteiger partial charge in [0.2, 0.25) is 11.9 Å². The highest BCUT2D eigenvalue weighted by atomic mass is 16.2. The largest absolute Gasteiger partial charge is 0.369 e. The molecule has 0 saturated heterocycles. The molecule has 24 heavy (non-hydrogen) atoms. The monoisotopic (exact) mass is 325 g/mol. The first-order chi connectivity index (χ1) is 11.5. The number of anilines is 3. The maximum atomic E-state index is 12.3. The van der Waals surface area contributed by atoms with Crippen LogP contribution in [0.15, 0.2) is 24.3 Å². The lowest BCUT2D eigenvalue weighted by molar-refractivity contribution is -0.119. The second-order valence-electron chi connectivity index (χ2n) is 6.14. The normalized spacial score (nSPS) is 16.9. The number of nitrogens with zero attached hydrogens (tertiary/aromatic N) is 3. The van der Waals surface area contributed by atoms with Gasteiger partial charge in [0.15, 0.2) is 0 Å². The smallest absolute Gasteiger partial charge is 0.227 e. The molecular weight excluding hydrogens is 302 g/mol. The number of amides is 1. The van der Waals surface area contributed by atoms with Crippen LogP contribution in [0, 0.1) is 6.92 Å². The minimum atomic E-state index is 0.117. The van der Waals surface area contributed by atoms with Crippen molar-refractivity contribution in [2.75, 3.05) is 29.5 Å². The minimum absolute atomic E-state index is 0.117. The summed E-state index contributed by atoms with van der Waals surface area (Å²) in [6.07, 6.45) is 1.32. The van der Waals surface area contributed by atoms with E-state index in [1.165, 1.54) is 5.56 Å². The number of benzene rings is 1. The van der Waals surface area contributed by atoms with Crippen molar-refractivity contribution in [3.05, 3.63) is 41.1 Å². The number of fused-ring (bicyclic) bond motifs is 1. The lowest BCUT2D eigenvalue weighted by atomic mass is 9.89. The summed E-state index contributed by atoms with van der Waals surface area (Å²) >= 11 is 0. The van der Waals surface area contributed by atoms with Crippen molar-refractivity contribution in [3.63, 3.8) is 0 Å². The molecule has 0 aliphatic carbocycles. The van der Waals surface area contributed by atoms with Gasteiger partial charge in [-0.25, -0.2) is 4.98 Å². The predicted octanol–water partition coefficient (Wildman–Crippen LogP) is 2.49. The summed E-state index contributed by atoms with van der Waals surface area (Å²) in [5.74, 6) is 1.29. The summed E-state index contributed by atoms with van der Waals surface area (Å²) in [6.45, 7) is 4.65. The molecule has 1 aromatic carbocycles. The third kappa shape index (κ3) is 2.91. The molecule has 1 atom stereocenters. The van der Waals surface area contributed by atoms with E-state index in [9.17, 15) is 4.79 Å². The molecule has 1 aliphatic rings. The minimum Gasteiger partial charge on any atom is -0.369 e. The number of carbonyl (C=O) groups is 1. The molecule has 1 amide bonds. The third-order valence-corrected chi connectivity index (χ3v) is 4.63. The summed E-state index contributed by atoms with van der Waals surface area (Å²) in [5.41, 5.74) is 9.91. The number of aromatic nitrogens is 2. The molecule has 126 valence electrons. The maximum absolute atomic E-state index is 12.3. The zero-order valence-corrected chi connectivity index (χ0v) is 14.3. The average molecular weight is 325 g/mol. The highest BCUT2D eigenvalue weighted by Crippen LogP contribution is 2.35. The van der Waals surface area contributed by atoms with Gasteiger partial charge in [0.05, 0.1) is 0 Å². The Labute approximate surface area is 142 Å². The Morgan fingerprint density at radius 3 is 2.83 bits per heavy atom. The molecule has 0 fully saturated rings. The number of hydrogen-bond acceptors (Lipinski definition) is 5. The molecular formula is C18H23N5O. The number of carbonyl (C=O) groups excluding carboxylic acids is 1. The molecule has 6 heteroatoms. The topological polar surface area (TPSA) is 84.1 Å². The van der Waals surface area contributed by atoms with E-state index in [1.54, 1.807) is 4.90 Å². The Morgan fingerprint density at radius 2 is 2.08 bits per heavy atom. The zero-order chi connectivity index (χ0) is 17.3. The summed E-state index contributed by atoms with van der Waals surface area (Å²) < 4.78 is 0. The van der Waals surface area contributed by atoms with Gasteiger partial charge in [-0.05, 0) is 25.0 Å². The molecule has 0 saturated carbocycles. The van der Waals surface area contributed by atoms with Gasteiger partial charge in [-0.15, -0.1) is 0 Å². The second kappa shape index (κ2) is 6.47. The van der Waals surface area contributed by atoms with Crippen molar-refractivity contribution in [1.82, 2.24) is 9.97 Å². The molecule has 0 unspecified atom stereocenters. The molecule has 0 spiro atoms. The van der Waals surface area contributed by atoms with Crippen LogP contribution in [0.3, 0.4) is 0 Å². The molecule has 0 bridgehead atoms. The maximum Gasteiger partial charge on any atom is 0.227 e. The van der Waals surface area contributed by atoms with E-state index in [4.69, 9.17) is 5.73 Å². The first-order valence-corrected chi connectivity index (χ1v) is 8.23. The van der Waals surface area contributed by atoms with Gasteiger partial charge in [-0.2, -0.15) is 4.98 Å². The summed E-state index contributed by atoms with van der Waals surface area (Å²) in [4.78, 5) is 22.6. The number of para-hydroxylation sites is 1. The van der Waals surface area contributed by atoms with Gasteiger partial charge in [0.1, 0.15) is 5.82 Å². The van der Waals surface area contributed by atoms with Crippen LogP contribution in [0.5, 0.6) is 0 Å². The fraction of sp³-hybridized carbons (Fsp3) is 0.389. The summed E-state index contributed by atoms with van der Waals surface area (Å²) in [5, 5.41) is 3.39. The van der Waals surface area contributed by atoms with Crippen molar-refractivity contribution in [1.29, 1.82) is 0 Å². The predicted molar refractivity (Wildman–Crippen MR) is 96.3 cm³/mol. The number of nitrogens with one attached hydrogen (secondary N) is 1. The fourth-order valence-electron chi connectivity index (χ4n) is 3.32. The molecule has 3 N–H and O–H groups in total. The van der Waals surface area contributed by atoms with Crippen LogP contribution in [0.1, 0.15) is 36.1 Å². The zero-order valence-electron chi connectivity index (χ0n) is 14.3. The average Bonchev–Trinajstić information content (AvgIpc) is 2.56. The van der Waals surface area contributed by atoms with Crippen LogP contribution in [-0.4, -0.2) is 29.5 Å². The molecule has 2 heterocycles. The fourth-order valence-corrected chi connectivity index (χ4v) is 3.32. The van der Waals surface area contributed by atoms with Crippen molar-refractivity contribution in [3.8, 4) is 0 Å². The van der Waals surface area contributed by atoms with E-state index in [2.05, 4.69) is 28.3 Å². The molecule has 1 aliphatic heterocycles. The molecule has 6 nitrogen and oxygen atoms in total. The molecule has 3 rings (SSSR count). The standard InChI is InChI=1S/C18H23N5O/c1-4-13-11(2)21-18(19)22-17(13)20-10-12-9-16(24)23(3)15-8-6-5-7-14(12)15/h5-8,12H,4,9-10H2,1-3H3,(H3,19,20,21,22)/t12-/m1/s1. The highest BCUT2D eigenvalue weighted by Gasteiger charge is 2.28. The quantitative estimate of drug-likeness (QED) is 0.902. The van der Waals surface area contributed by atoms with Crippen molar-refractivity contribution in [2.45, 2.75) is 32.6 Å². The Bertz CT molecular complexity index is 774. The highest BCUT2D eigenvalue weighted by molar-refractivity contribution is 5.96. The lowest BCUT2D eigenvalue weighted by Crippen LogP contribution is -2.35. The number of nitrogens with two attached hydrogens (primary N) is 1. The van der Waals surface area contributed by atoms with Crippen LogP contribution in [0.25, 0.3) is 0 Å². The van der Waals surface area contributed by atoms with Gasteiger partial charge >= 0.3 is 0 Å². The number of aryl methyl sites for hydroxylation is 1. The van der Waals surface area contributed by atoms with E-state index in [-0.39, 0.29) is 17.8 Å². The van der Waals surface area contributed by atoms with E-state index < -0.39 is 0 Å². The van der Waals surface area contributed by atoms with Crippen LogP contribution in [0.4, 0.5) is 17.5 Å². The van der Waals surface area contributed by atoms with Crippen LogP contribution in [-0.2, 0) is 11.2 Å². The van der Waals surface area contributed by atoms with Gasteiger partial charge in [0.25, 0.3) is 0 Å². The lowest BCUT2D eigenvalue weighted by Gasteiger charge is -2.32. The van der Waals surface area contributed by atoms with Crippen molar-refractivity contribution in [2.24, 2.45) is 0 Å². The van der Waals surface area contributed by atoms with Gasteiger partial charge in [0, 0.05) is 42.9 Å². The first kappa shape index (κ1) is 16.2. The number of rotatable bonds is 4. The summed E-state index contributed by atoms with van der Waals surface area (Å²) in [7, 11) is 1.83. The Hall–Kier alpha value is -2.63. The van der Waals surface area contributed by atoms with E-state index >= 15 is 0 Å². The Balaban J connectivity index is 1.86. The number of nitrogen functional groups attached to an aromatic ring is 1. The second-order valence-corrected chi connectivity index (χ2v) is 6.14. The first-order valence-electron chi connectivity index (χ1n) is 8.23. The summed E-state index contributed by atoms with van der Waals surface area (Å²) in [6, 6.07) is 8.05. The third-order valence-electron chi connectivity index (χ3n) is 4.63. The van der Waals surface area contributed by atoms with E-state index in [0.29, 0.717) is 13.0 Å². The van der Waals surface area contributed by atoms with Crippen LogP contribution < -0.4 is 16.0 Å². The Morgan fingerprint density at radius 1 is 1.33 bits per heavy atom. The molecule has 1 aromatic heterocycles. The molecule has 2 aromatic rings. The van der Waals surface area contributed by atoms with Gasteiger partial charge in [-0.3, -0.25) is 4.79 Å². The van der Waals surface area contributed by atoms with Crippen LogP contribution >= 0.6 is 0 Å². The van der Waals surface area contributed by atoms with E-state index in [1.807, 2.05) is 32.2 Å². The SMILES string of the molecule is CCc1c(C)nc(N)nc1NC[C@H]1CC(=O)N(C)c2ccccc21.